The Kier molecular flexibility index (Phi) is 4.86. The van der Waals surface area contributed by atoms with E-state index in [0.717, 1.165) is 23.1 Å². The van der Waals surface area contributed by atoms with Gasteiger partial charge in [0.15, 0.2) is 0 Å². The first-order valence-electron chi connectivity index (χ1n) is 6.31. The quantitative estimate of drug-likeness (QED) is 0.499. The number of aromatic nitrogens is 2. The van der Waals surface area contributed by atoms with Crippen LogP contribution in [0, 0.1) is 10.1 Å². The summed E-state index contributed by atoms with van der Waals surface area (Å²) in [6.45, 7) is 3.73. The molecule has 0 aliphatic heterocycles. The second kappa shape index (κ2) is 6.62. The predicted octanol–water partition coefficient (Wildman–Crippen LogP) is 3.04. The number of nitrogens with one attached hydrogen (secondary N) is 1. The Bertz CT molecular complexity index is 612. The Morgan fingerprint density at radius 2 is 2.25 bits per heavy atom. The van der Waals surface area contributed by atoms with E-state index in [1.54, 1.807) is 16.9 Å². The monoisotopic (exact) mass is 338 g/mol. The Hall–Kier alpha value is -1.73. The number of hydrogen-bond donors (Lipinski definition) is 1. The Labute approximate surface area is 125 Å². The molecule has 2 rings (SSSR count). The molecule has 1 aromatic carbocycles. The summed E-state index contributed by atoms with van der Waals surface area (Å²) in [5.74, 6) is 0. The predicted molar refractivity (Wildman–Crippen MR) is 79.9 cm³/mol. The average molecular weight is 339 g/mol. The number of rotatable bonds is 6. The Morgan fingerprint density at radius 3 is 2.95 bits per heavy atom. The lowest BCUT2D eigenvalue weighted by Crippen LogP contribution is -2.14. The van der Waals surface area contributed by atoms with E-state index in [4.69, 9.17) is 0 Å². The molecule has 2 aromatic rings. The molecule has 0 saturated carbocycles. The molecule has 0 saturated heterocycles. The molecule has 0 aliphatic carbocycles. The van der Waals surface area contributed by atoms with Gasteiger partial charge in [0.1, 0.15) is 0 Å². The van der Waals surface area contributed by atoms with E-state index in [-0.39, 0.29) is 5.69 Å². The zero-order valence-corrected chi connectivity index (χ0v) is 12.6. The van der Waals surface area contributed by atoms with E-state index >= 15 is 0 Å². The molecule has 6 nitrogen and oxygen atoms in total. The molecule has 0 radical (unpaired) electrons. The van der Waals surface area contributed by atoms with E-state index in [1.165, 1.54) is 12.1 Å². The minimum atomic E-state index is -0.414. The fourth-order valence-electron chi connectivity index (χ4n) is 1.77. The second-order valence-electron chi connectivity index (χ2n) is 4.32. The summed E-state index contributed by atoms with van der Waals surface area (Å²) in [7, 11) is 0. The van der Waals surface area contributed by atoms with Crippen LogP contribution >= 0.6 is 15.9 Å². The summed E-state index contributed by atoms with van der Waals surface area (Å²) in [5.41, 5.74) is 1.60. The summed E-state index contributed by atoms with van der Waals surface area (Å²) < 4.78 is 2.40. The third-order valence-electron chi connectivity index (χ3n) is 2.76. The molecule has 0 fully saturated rings. The maximum Gasteiger partial charge on any atom is 0.271 e. The minimum absolute atomic E-state index is 0.0457. The fourth-order valence-corrected chi connectivity index (χ4v) is 2.20. The number of nitro groups is 1. The van der Waals surface area contributed by atoms with Crippen LogP contribution in [0.25, 0.3) is 5.69 Å². The van der Waals surface area contributed by atoms with Gasteiger partial charge in [-0.1, -0.05) is 6.92 Å². The topological polar surface area (TPSA) is 73.0 Å². The van der Waals surface area contributed by atoms with Crippen LogP contribution in [0.1, 0.15) is 19.0 Å². The van der Waals surface area contributed by atoms with Crippen LogP contribution in [-0.4, -0.2) is 21.2 Å². The molecule has 0 atom stereocenters. The molecule has 0 amide bonds. The van der Waals surface area contributed by atoms with Crippen molar-refractivity contribution in [1.29, 1.82) is 0 Å². The highest BCUT2D eigenvalue weighted by molar-refractivity contribution is 9.10. The first-order chi connectivity index (χ1) is 9.61. The fraction of sp³-hybridized carbons (Fsp3) is 0.308. The number of non-ortho nitro benzene ring substituents is 1. The van der Waals surface area contributed by atoms with E-state index in [9.17, 15) is 10.1 Å². The van der Waals surface area contributed by atoms with Crippen molar-refractivity contribution in [2.75, 3.05) is 6.54 Å². The van der Waals surface area contributed by atoms with E-state index in [0.29, 0.717) is 12.2 Å². The second-order valence-corrected chi connectivity index (χ2v) is 5.18. The largest absolute Gasteiger partial charge is 0.311 e. The van der Waals surface area contributed by atoms with Crippen LogP contribution in [0.3, 0.4) is 0 Å². The Balaban J connectivity index is 2.23. The molecule has 1 heterocycles. The molecule has 1 aromatic heterocycles. The van der Waals surface area contributed by atoms with Crippen LogP contribution in [0.5, 0.6) is 0 Å². The number of nitrogens with zero attached hydrogens (tertiary/aromatic N) is 3. The summed E-state index contributed by atoms with van der Waals surface area (Å²) >= 11 is 3.39. The highest BCUT2D eigenvalue weighted by Gasteiger charge is 2.11. The van der Waals surface area contributed by atoms with Gasteiger partial charge in [0.25, 0.3) is 5.69 Å². The lowest BCUT2D eigenvalue weighted by molar-refractivity contribution is -0.384. The molecular weight excluding hydrogens is 324 g/mol. The van der Waals surface area contributed by atoms with Crippen molar-refractivity contribution in [1.82, 2.24) is 15.1 Å². The Morgan fingerprint density at radius 1 is 1.45 bits per heavy atom. The van der Waals surface area contributed by atoms with E-state index in [1.807, 2.05) is 6.07 Å². The van der Waals surface area contributed by atoms with Crippen molar-refractivity contribution in [3.05, 3.63) is 50.7 Å². The molecule has 7 heteroatoms. The summed E-state index contributed by atoms with van der Waals surface area (Å²) in [5, 5.41) is 18.5. The molecule has 0 aliphatic rings. The van der Waals surface area contributed by atoms with Gasteiger partial charge < -0.3 is 5.32 Å². The van der Waals surface area contributed by atoms with E-state index in [2.05, 4.69) is 33.3 Å². The lowest BCUT2D eigenvalue weighted by atomic mass is 10.3. The third kappa shape index (κ3) is 3.43. The summed E-state index contributed by atoms with van der Waals surface area (Å²) in [4.78, 5) is 10.4. The van der Waals surface area contributed by atoms with Crippen molar-refractivity contribution >= 4 is 21.6 Å². The van der Waals surface area contributed by atoms with Gasteiger partial charge in [-0.2, -0.15) is 5.10 Å². The lowest BCUT2D eigenvalue weighted by Gasteiger charge is -2.04. The van der Waals surface area contributed by atoms with Crippen LogP contribution < -0.4 is 5.32 Å². The zero-order valence-electron chi connectivity index (χ0n) is 11.0. The van der Waals surface area contributed by atoms with Crippen molar-refractivity contribution < 1.29 is 4.92 Å². The van der Waals surface area contributed by atoms with Gasteiger partial charge in [-0.05, 0) is 41.0 Å². The molecule has 106 valence electrons. The van der Waals surface area contributed by atoms with Gasteiger partial charge in [-0.25, -0.2) is 4.68 Å². The van der Waals surface area contributed by atoms with Gasteiger partial charge in [0.05, 0.1) is 16.3 Å². The zero-order chi connectivity index (χ0) is 14.5. The van der Waals surface area contributed by atoms with Gasteiger partial charge in [-0.3, -0.25) is 10.1 Å². The maximum atomic E-state index is 10.8. The van der Waals surface area contributed by atoms with Gasteiger partial charge >= 0.3 is 0 Å². The van der Waals surface area contributed by atoms with Crippen molar-refractivity contribution in [2.45, 2.75) is 19.9 Å². The van der Waals surface area contributed by atoms with Crippen LogP contribution in [0.4, 0.5) is 5.69 Å². The number of hydrogen-bond acceptors (Lipinski definition) is 4. The van der Waals surface area contributed by atoms with Gasteiger partial charge in [0, 0.05) is 29.3 Å². The first kappa shape index (κ1) is 14.7. The summed E-state index contributed by atoms with van der Waals surface area (Å²) in [6, 6.07) is 6.51. The van der Waals surface area contributed by atoms with Crippen LogP contribution in [-0.2, 0) is 6.54 Å². The summed E-state index contributed by atoms with van der Waals surface area (Å²) in [6.07, 6.45) is 2.86. The SMILES string of the molecule is CCCNCc1ccn(-c2cc([N+](=O)[O-])ccc2Br)n1. The molecule has 1 N–H and O–H groups in total. The maximum absolute atomic E-state index is 10.8. The standard InChI is InChI=1S/C13H15BrN4O2/c1-2-6-15-9-10-5-7-17(16-10)13-8-11(18(19)20)3-4-12(13)14/h3-5,7-8,15H,2,6,9H2,1H3. The van der Waals surface area contributed by atoms with Crippen LogP contribution in [0.2, 0.25) is 0 Å². The molecule has 0 bridgehead atoms. The van der Waals surface area contributed by atoms with Crippen molar-refractivity contribution in [3.63, 3.8) is 0 Å². The first-order valence-corrected chi connectivity index (χ1v) is 7.10. The number of nitro benzene ring substituents is 1. The molecule has 0 spiro atoms. The molecule has 0 unspecified atom stereocenters. The van der Waals surface area contributed by atoms with Crippen molar-refractivity contribution in [2.24, 2.45) is 0 Å². The highest BCUT2D eigenvalue weighted by atomic mass is 79.9. The minimum Gasteiger partial charge on any atom is -0.311 e. The normalized spacial score (nSPS) is 10.7. The smallest absolute Gasteiger partial charge is 0.271 e. The molecule has 20 heavy (non-hydrogen) atoms. The van der Waals surface area contributed by atoms with E-state index < -0.39 is 4.92 Å². The van der Waals surface area contributed by atoms with Crippen LogP contribution in [0.15, 0.2) is 34.9 Å². The van der Waals surface area contributed by atoms with Gasteiger partial charge in [0.2, 0.25) is 0 Å². The average Bonchev–Trinajstić information content (AvgIpc) is 2.88. The molecular formula is C13H15BrN4O2. The van der Waals surface area contributed by atoms with Gasteiger partial charge in [-0.15, -0.1) is 0 Å². The van der Waals surface area contributed by atoms with Crippen molar-refractivity contribution in [3.8, 4) is 5.69 Å². The number of benzene rings is 1. The number of halogens is 1. The third-order valence-corrected chi connectivity index (χ3v) is 3.44. The highest BCUT2D eigenvalue weighted by Crippen LogP contribution is 2.25.